The molecule has 1 heterocycles. The maximum absolute atomic E-state index is 13.9. The van der Waals surface area contributed by atoms with Crippen molar-refractivity contribution in [3.63, 3.8) is 0 Å². The average molecular weight is 330 g/mol. The Kier molecular flexibility index (Phi) is 5.37. The van der Waals surface area contributed by atoms with Gasteiger partial charge < -0.3 is 10.1 Å². The van der Waals surface area contributed by atoms with E-state index in [2.05, 4.69) is 35.1 Å². The monoisotopic (exact) mass is 329 g/mol. The van der Waals surface area contributed by atoms with E-state index in [0.29, 0.717) is 12.3 Å². The molecule has 0 saturated carbocycles. The molecule has 1 saturated heterocycles. The fourth-order valence-corrected chi connectivity index (χ4v) is 3.26. The van der Waals surface area contributed by atoms with Crippen molar-refractivity contribution in [2.75, 3.05) is 13.2 Å². The van der Waals surface area contributed by atoms with E-state index in [9.17, 15) is 4.39 Å². The highest BCUT2D eigenvalue weighted by molar-refractivity contribution is 9.10. The van der Waals surface area contributed by atoms with Crippen molar-refractivity contribution in [1.82, 2.24) is 5.32 Å². The number of likely N-dealkylation sites (N-methyl/N-ethyl adjacent to an activating group) is 1. The van der Waals surface area contributed by atoms with Gasteiger partial charge >= 0.3 is 0 Å². The molecule has 0 amide bonds. The second kappa shape index (κ2) is 6.82. The van der Waals surface area contributed by atoms with E-state index < -0.39 is 0 Å². The third-order valence-electron chi connectivity index (χ3n) is 3.87. The van der Waals surface area contributed by atoms with E-state index in [1.807, 2.05) is 6.07 Å². The van der Waals surface area contributed by atoms with Gasteiger partial charge in [0.1, 0.15) is 5.82 Å². The number of nitrogens with one attached hydrogen (secondary N) is 1. The standard InChI is InChI=1S/C15H21BrFNO/c1-3-18-15(13-6-7-19-10(13)2)9-11-8-12(16)4-5-14(11)17/h4-5,8,10,13,15,18H,3,6-7,9H2,1-2H3. The van der Waals surface area contributed by atoms with Crippen LogP contribution in [0.15, 0.2) is 22.7 Å². The van der Waals surface area contributed by atoms with Crippen molar-refractivity contribution in [2.24, 2.45) is 5.92 Å². The summed E-state index contributed by atoms with van der Waals surface area (Å²) in [5.74, 6) is 0.330. The molecule has 3 unspecified atom stereocenters. The highest BCUT2D eigenvalue weighted by atomic mass is 79.9. The number of benzene rings is 1. The first kappa shape index (κ1) is 14.9. The van der Waals surface area contributed by atoms with E-state index in [4.69, 9.17) is 4.74 Å². The van der Waals surface area contributed by atoms with Crippen molar-refractivity contribution in [2.45, 2.75) is 38.8 Å². The van der Waals surface area contributed by atoms with E-state index in [1.165, 1.54) is 6.07 Å². The lowest BCUT2D eigenvalue weighted by Crippen LogP contribution is -2.41. The lowest BCUT2D eigenvalue weighted by atomic mass is 9.88. The van der Waals surface area contributed by atoms with Gasteiger partial charge in [0.15, 0.2) is 0 Å². The Morgan fingerprint density at radius 3 is 2.95 bits per heavy atom. The summed E-state index contributed by atoms with van der Waals surface area (Å²) >= 11 is 3.41. The smallest absolute Gasteiger partial charge is 0.126 e. The van der Waals surface area contributed by atoms with Crippen molar-refractivity contribution >= 4 is 15.9 Å². The van der Waals surface area contributed by atoms with Gasteiger partial charge in [-0.1, -0.05) is 22.9 Å². The van der Waals surface area contributed by atoms with Gasteiger partial charge in [0.05, 0.1) is 6.10 Å². The molecule has 106 valence electrons. The van der Waals surface area contributed by atoms with Gasteiger partial charge in [-0.25, -0.2) is 4.39 Å². The first-order valence-corrected chi connectivity index (χ1v) is 7.70. The van der Waals surface area contributed by atoms with Gasteiger partial charge in [-0.15, -0.1) is 0 Å². The van der Waals surface area contributed by atoms with Gasteiger partial charge in [-0.05, 0) is 50.1 Å². The van der Waals surface area contributed by atoms with Crippen LogP contribution in [0.4, 0.5) is 4.39 Å². The zero-order valence-corrected chi connectivity index (χ0v) is 13.0. The van der Waals surface area contributed by atoms with Gasteiger partial charge in [0.2, 0.25) is 0 Å². The summed E-state index contributed by atoms with van der Waals surface area (Å²) in [6.07, 6.45) is 2.01. The minimum Gasteiger partial charge on any atom is -0.378 e. The molecule has 0 aromatic heterocycles. The fraction of sp³-hybridized carbons (Fsp3) is 0.600. The SMILES string of the molecule is CCNC(Cc1cc(Br)ccc1F)C1CCOC1C. The molecule has 1 aromatic carbocycles. The second-order valence-corrected chi connectivity index (χ2v) is 6.05. The molecule has 4 heteroatoms. The molecular formula is C15H21BrFNO. The predicted octanol–water partition coefficient (Wildman–Crippen LogP) is 3.53. The zero-order valence-electron chi connectivity index (χ0n) is 11.5. The lowest BCUT2D eigenvalue weighted by molar-refractivity contribution is 0.0955. The van der Waals surface area contributed by atoms with Crippen LogP contribution in [0, 0.1) is 11.7 Å². The molecule has 1 fully saturated rings. The number of ether oxygens (including phenoxy) is 1. The molecule has 0 spiro atoms. The van der Waals surface area contributed by atoms with Crippen molar-refractivity contribution in [1.29, 1.82) is 0 Å². The normalized spacial score (nSPS) is 24.6. The number of rotatable bonds is 5. The topological polar surface area (TPSA) is 21.3 Å². The van der Waals surface area contributed by atoms with Crippen LogP contribution in [0.3, 0.4) is 0 Å². The molecule has 1 aromatic rings. The first-order chi connectivity index (χ1) is 9.11. The van der Waals surface area contributed by atoms with Crippen LogP contribution >= 0.6 is 15.9 Å². The largest absolute Gasteiger partial charge is 0.378 e. The summed E-state index contributed by atoms with van der Waals surface area (Å²) in [5, 5.41) is 3.49. The third-order valence-corrected chi connectivity index (χ3v) is 4.36. The summed E-state index contributed by atoms with van der Waals surface area (Å²) in [5.41, 5.74) is 0.763. The highest BCUT2D eigenvalue weighted by Crippen LogP contribution is 2.27. The van der Waals surface area contributed by atoms with Crippen LogP contribution in [0.2, 0.25) is 0 Å². The summed E-state index contributed by atoms with van der Waals surface area (Å²) in [6.45, 7) is 5.90. The lowest BCUT2D eigenvalue weighted by Gasteiger charge is -2.27. The van der Waals surface area contributed by atoms with Crippen LogP contribution in [-0.4, -0.2) is 25.3 Å². The average Bonchev–Trinajstić information content (AvgIpc) is 2.79. The summed E-state index contributed by atoms with van der Waals surface area (Å²) < 4.78 is 20.4. The van der Waals surface area contributed by atoms with Crippen LogP contribution in [0.5, 0.6) is 0 Å². The molecular weight excluding hydrogens is 309 g/mol. The maximum Gasteiger partial charge on any atom is 0.126 e. The molecule has 2 rings (SSSR count). The van der Waals surface area contributed by atoms with E-state index in [1.54, 1.807) is 6.07 Å². The Balaban J connectivity index is 2.13. The van der Waals surface area contributed by atoms with Crippen molar-refractivity contribution < 1.29 is 9.13 Å². The summed E-state index contributed by atoms with van der Waals surface area (Å²) in [4.78, 5) is 0. The predicted molar refractivity (Wildman–Crippen MR) is 78.8 cm³/mol. The minimum absolute atomic E-state index is 0.127. The highest BCUT2D eigenvalue weighted by Gasteiger charge is 2.31. The molecule has 3 atom stereocenters. The fourth-order valence-electron chi connectivity index (χ4n) is 2.85. The Bertz CT molecular complexity index is 427. The first-order valence-electron chi connectivity index (χ1n) is 6.90. The minimum atomic E-state index is -0.127. The Hall–Kier alpha value is -0.450. The quantitative estimate of drug-likeness (QED) is 0.892. The molecule has 1 aliphatic heterocycles. The molecule has 0 aliphatic carbocycles. The van der Waals surface area contributed by atoms with Crippen molar-refractivity contribution in [3.8, 4) is 0 Å². The van der Waals surface area contributed by atoms with E-state index >= 15 is 0 Å². The second-order valence-electron chi connectivity index (χ2n) is 5.13. The summed E-state index contributed by atoms with van der Waals surface area (Å²) in [7, 11) is 0. The molecule has 2 nitrogen and oxygen atoms in total. The van der Waals surface area contributed by atoms with E-state index in [0.717, 1.165) is 29.6 Å². The molecule has 0 radical (unpaired) electrons. The van der Waals surface area contributed by atoms with Crippen LogP contribution < -0.4 is 5.32 Å². The van der Waals surface area contributed by atoms with Crippen LogP contribution in [-0.2, 0) is 11.2 Å². The van der Waals surface area contributed by atoms with Crippen molar-refractivity contribution in [3.05, 3.63) is 34.1 Å². The molecule has 0 bridgehead atoms. The molecule has 19 heavy (non-hydrogen) atoms. The Morgan fingerprint density at radius 2 is 2.32 bits per heavy atom. The van der Waals surface area contributed by atoms with Gasteiger partial charge in [-0.3, -0.25) is 0 Å². The maximum atomic E-state index is 13.9. The van der Waals surface area contributed by atoms with Gasteiger partial charge in [-0.2, -0.15) is 0 Å². The number of hydrogen-bond donors (Lipinski definition) is 1. The molecule has 1 aliphatic rings. The number of hydrogen-bond acceptors (Lipinski definition) is 2. The Labute approximate surface area is 122 Å². The Morgan fingerprint density at radius 1 is 1.53 bits per heavy atom. The zero-order chi connectivity index (χ0) is 13.8. The van der Waals surface area contributed by atoms with Gasteiger partial charge in [0.25, 0.3) is 0 Å². The van der Waals surface area contributed by atoms with Crippen LogP contribution in [0.25, 0.3) is 0 Å². The third kappa shape index (κ3) is 3.77. The number of halogens is 2. The van der Waals surface area contributed by atoms with Crippen LogP contribution in [0.1, 0.15) is 25.8 Å². The van der Waals surface area contributed by atoms with Gasteiger partial charge in [0, 0.05) is 23.0 Å². The molecule has 1 N–H and O–H groups in total. The van der Waals surface area contributed by atoms with E-state index in [-0.39, 0.29) is 18.0 Å². The summed E-state index contributed by atoms with van der Waals surface area (Å²) in [6, 6.07) is 5.41.